The van der Waals surface area contributed by atoms with Crippen LogP contribution in [0.15, 0.2) is 18.2 Å². The van der Waals surface area contributed by atoms with E-state index in [9.17, 15) is 9.59 Å². The molecule has 0 radical (unpaired) electrons. The van der Waals surface area contributed by atoms with Crippen LogP contribution in [0.25, 0.3) is 0 Å². The largest absolute Gasteiger partial charge is 0.478 e. The summed E-state index contributed by atoms with van der Waals surface area (Å²) in [6.45, 7) is 0. The van der Waals surface area contributed by atoms with Crippen LogP contribution in [-0.4, -0.2) is 28.1 Å². The minimum absolute atomic E-state index is 0.109. The number of carbonyl (C=O) groups excluding carboxylic acids is 1. The number of thiocarbonyl (C=S) groups is 1. The summed E-state index contributed by atoms with van der Waals surface area (Å²) in [5.74, 6) is -2.12. The van der Waals surface area contributed by atoms with Crippen molar-refractivity contribution in [1.29, 1.82) is 0 Å². The van der Waals surface area contributed by atoms with Crippen molar-refractivity contribution >= 4 is 34.8 Å². The van der Waals surface area contributed by atoms with Crippen LogP contribution in [0.4, 0.5) is 5.69 Å². The quantitative estimate of drug-likeness (QED) is 0.253. The molecular weight excluding hydrogens is 282 g/mol. The van der Waals surface area contributed by atoms with Crippen LogP contribution in [0.2, 0.25) is 0 Å². The van der Waals surface area contributed by atoms with E-state index >= 15 is 0 Å². The highest BCUT2D eigenvalue weighted by molar-refractivity contribution is 7.80. The van der Waals surface area contributed by atoms with Crippen LogP contribution in [0.5, 0.6) is 5.75 Å². The van der Waals surface area contributed by atoms with Gasteiger partial charge in [0.1, 0.15) is 17.4 Å². The van der Waals surface area contributed by atoms with Gasteiger partial charge in [-0.15, -0.1) is 0 Å². The second kappa shape index (κ2) is 6.83. The van der Waals surface area contributed by atoms with Crippen LogP contribution in [0, 0.1) is 0 Å². The fourth-order valence-corrected chi connectivity index (χ4v) is 1.52. The number of carboxylic acid groups (broad SMARTS) is 1. The molecule has 0 fully saturated rings. The number of carboxylic acids is 1. The molecule has 0 aliphatic rings. The smallest absolute Gasteiger partial charge is 0.339 e. The molecule has 1 aromatic rings. The predicted octanol–water partition coefficient (Wildman–Crippen LogP) is 0.266. The van der Waals surface area contributed by atoms with E-state index in [0.29, 0.717) is 6.42 Å². The molecule has 0 spiro atoms. The number of benzene rings is 1. The number of esters is 1. The lowest BCUT2D eigenvalue weighted by atomic mass is 10.1. The van der Waals surface area contributed by atoms with Gasteiger partial charge in [-0.1, -0.05) is 12.2 Å². The average Bonchev–Trinajstić information content (AvgIpc) is 2.37. The van der Waals surface area contributed by atoms with Gasteiger partial charge < -0.3 is 27.0 Å². The van der Waals surface area contributed by atoms with Gasteiger partial charge in [0.25, 0.3) is 0 Å². The van der Waals surface area contributed by atoms with Gasteiger partial charge in [-0.2, -0.15) is 0 Å². The number of aromatic carboxylic acids is 1. The van der Waals surface area contributed by atoms with E-state index in [1.165, 1.54) is 18.2 Å². The third-order valence-corrected chi connectivity index (χ3v) is 2.65. The highest BCUT2D eigenvalue weighted by Gasteiger charge is 2.20. The van der Waals surface area contributed by atoms with Crippen molar-refractivity contribution in [2.45, 2.75) is 18.9 Å². The zero-order valence-corrected chi connectivity index (χ0v) is 11.4. The zero-order chi connectivity index (χ0) is 15.3. The third kappa shape index (κ3) is 4.48. The monoisotopic (exact) mass is 297 g/mol. The first-order valence-electron chi connectivity index (χ1n) is 5.69. The summed E-state index contributed by atoms with van der Waals surface area (Å²) in [7, 11) is 0. The lowest BCUT2D eigenvalue weighted by molar-refractivity contribution is -0.135. The first kappa shape index (κ1) is 15.9. The Balaban J connectivity index is 2.80. The van der Waals surface area contributed by atoms with E-state index in [0.717, 1.165) is 0 Å². The molecule has 0 bridgehead atoms. The molecule has 8 heteroatoms. The SMILES string of the molecule is NC(=S)CCC(N)C(=O)Oc1ccc(N)cc1C(=O)O. The lowest BCUT2D eigenvalue weighted by Crippen LogP contribution is -2.35. The molecule has 0 saturated heterocycles. The van der Waals surface area contributed by atoms with Crippen LogP contribution in [0.3, 0.4) is 0 Å². The van der Waals surface area contributed by atoms with Gasteiger partial charge in [0.2, 0.25) is 0 Å². The van der Waals surface area contributed by atoms with Crippen LogP contribution in [0.1, 0.15) is 23.2 Å². The topological polar surface area (TPSA) is 142 Å². The van der Waals surface area contributed by atoms with E-state index in [-0.39, 0.29) is 28.4 Å². The minimum Gasteiger partial charge on any atom is -0.478 e. The first-order valence-corrected chi connectivity index (χ1v) is 6.10. The number of nitrogen functional groups attached to an aromatic ring is 1. The summed E-state index contributed by atoms with van der Waals surface area (Å²) < 4.78 is 4.97. The molecule has 0 aromatic heterocycles. The summed E-state index contributed by atoms with van der Waals surface area (Å²) in [6, 6.07) is 2.99. The number of hydrogen-bond donors (Lipinski definition) is 4. The number of nitrogens with two attached hydrogens (primary N) is 3. The van der Waals surface area contributed by atoms with Gasteiger partial charge in [-0.25, -0.2) is 9.59 Å². The molecule has 20 heavy (non-hydrogen) atoms. The standard InChI is InChI=1S/C12H15N3O4S/c13-6-1-3-9(7(5-6)11(16)17)19-12(18)8(14)2-4-10(15)20/h1,3,5,8H,2,4,13-14H2,(H2,15,20)(H,16,17). The normalized spacial score (nSPS) is 11.7. The first-order chi connectivity index (χ1) is 9.31. The van der Waals surface area contributed by atoms with Gasteiger partial charge in [0.05, 0.1) is 4.99 Å². The van der Waals surface area contributed by atoms with Crippen molar-refractivity contribution in [3.63, 3.8) is 0 Å². The van der Waals surface area contributed by atoms with E-state index < -0.39 is 18.0 Å². The molecule has 108 valence electrons. The maximum atomic E-state index is 11.7. The lowest BCUT2D eigenvalue weighted by Gasteiger charge is -2.12. The van der Waals surface area contributed by atoms with Crippen LogP contribution >= 0.6 is 12.2 Å². The summed E-state index contributed by atoms with van der Waals surface area (Å²) in [6.07, 6.45) is 0.532. The number of rotatable bonds is 6. The maximum Gasteiger partial charge on any atom is 0.339 e. The average molecular weight is 297 g/mol. The second-order valence-electron chi connectivity index (χ2n) is 4.09. The Kier molecular flexibility index (Phi) is 5.42. The fraction of sp³-hybridized carbons (Fsp3) is 0.250. The Morgan fingerprint density at radius 1 is 1.40 bits per heavy atom. The molecule has 1 rings (SSSR count). The summed E-state index contributed by atoms with van der Waals surface area (Å²) in [5, 5.41) is 9.01. The van der Waals surface area contributed by atoms with E-state index in [4.69, 9.17) is 27.0 Å². The van der Waals surface area contributed by atoms with E-state index in [1.54, 1.807) is 0 Å². The summed E-state index contributed by atoms with van der Waals surface area (Å²) >= 11 is 4.68. The van der Waals surface area contributed by atoms with Gasteiger partial charge in [-0.3, -0.25) is 0 Å². The van der Waals surface area contributed by atoms with Crippen molar-refractivity contribution in [3.8, 4) is 5.75 Å². The van der Waals surface area contributed by atoms with Gasteiger partial charge in [0.15, 0.2) is 0 Å². The third-order valence-electron chi connectivity index (χ3n) is 2.45. The molecule has 0 aliphatic heterocycles. The number of carbonyl (C=O) groups is 2. The fourth-order valence-electron chi connectivity index (χ4n) is 1.40. The molecule has 0 heterocycles. The molecule has 1 unspecified atom stereocenters. The molecule has 1 atom stereocenters. The van der Waals surface area contributed by atoms with Crippen LogP contribution in [-0.2, 0) is 4.79 Å². The Morgan fingerprint density at radius 3 is 2.60 bits per heavy atom. The molecule has 0 aliphatic carbocycles. The Labute approximate surface area is 120 Å². The summed E-state index contributed by atoms with van der Waals surface area (Å²) in [4.78, 5) is 23.0. The second-order valence-corrected chi connectivity index (χ2v) is 4.62. The van der Waals surface area contributed by atoms with Crippen molar-refractivity contribution < 1.29 is 19.4 Å². The van der Waals surface area contributed by atoms with Gasteiger partial charge in [0, 0.05) is 5.69 Å². The van der Waals surface area contributed by atoms with Gasteiger partial charge >= 0.3 is 11.9 Å². The molecule has 7 nitrogen and oxygen atoms in total. The Morgan fingerprint density at radius 2 is 2.05 bits per heavy atom. The van der Waals surface area contributed by atoms with Crippen molar-refractivity contribution in [2.24, 2.45) is 11.5 Å². The van der Waals surface area contributed by atoms with Gasteiger partial charge in [-0.05, 0) is 31.0 Å². The van der Waals surface area contributed by atoms with Crippen LogP contribution < -0.4 is 21.9 Å². The minimum atomic E-state index is -1.25. The highest BCUT2D eigenvalue weighted by atomic mass is 32.1. The molecule has 7 N–H and O–H groups in total. The van der Waals surface area contributed by atoms with Crippen molar-refractivity contribution in [1.82, 2.24) is 0 Å². The van der Waals surface area contributed by atoms with E-state index in [1.807, 2.05) is 0 Å². The zero-order valence-electron chi connectivity index (χ0n) is 10.5. The molecule has 0 amide bonds. The highest BCUT2D eigenvalue weighted by Crippen LogP contribution is 2.22. The number of ether oxygens (including phenoxy) is 1. The Bertz CT molecular complexity index is 548. The predicted molar refractivity (Wildman–Crippen MR) is 77.4 cm³/mol. The maximum absolute atomic E-state index is 11.7. The molecular formula is C12H15N3O4S. The Hall–Kier alpha value is -2.19. The van der Waals surface area contributed by atoms with E-state index in [2.05, 4.69) is 12.2 Å². The summed E-state index contributed by atoms with van der Waals surface area (Å²) in [5.41, 5.74) is 16.4. The van der Waals surface area contributed by atoms with Crippen molar-refractivity contribution in [3.05, 3.63) is 23.8 Å². The van der Waals surface area contributed by atoms with Crippen molar-refractivity contribution in [2.75, 3.05) is 5.73 Å². The number of anilines is 1. The molecule has 1 aromatic carbocycles. The number of hydrogen-bond acceptors (Lipinski definition) is 6. The molecule has 0 saturated carbocycles.